The van der Waals surface area contributed by atoms with Gasteiger partial charge >= 0.3 is 5.69 Å². The standard InChI is InChI=1S/C20H24N4O2/c1-13-8-7-9-15(14(13)2)17-10-5-6-11-24(17)18-16(12-21)19(25)23(4)20(26)22(18)3/h7-9,17H,5-6,10-11H2,1-4H3/t17-/m1/s1. The van der Waals surface area contributed by atoms with E-state index in [0.29, 0.717) is 12.4 Å². The average molecular weight is 352 g/mol. The quantitative estimate of drug-likeness (QED) is 0.831. The summed E-state index contributed by atoms with van der Waals surface area (Å²) in [6.07, 6.45) is 2.98. The second-order valence-corrected chi connectivity index (χ2v) is 7.01. The van der Waals surface area contributed by atoms with Crippen LogP contribution in [0, 0.1) is 25.2 Å². The maximum atomic E-state index is 12.5. The molecule has 0 amide bonds. The summed E-state index contributed by atoms with van der Waals surface area (Å²) in [5, 5.41) is 9.62. The second kappa shape index (κ2) is 6.83. The van der Waals surface area contributed by atoms with Crippen molar-refractivity contribution in [2.45, 2.75) is 39.2 Å². The van der Waals surface area contributed by atoms with E-state index in [4.69, 9.17) is 0 Å². The fraction of sp³-hybridized carbons (Fsp3) is 0.450. The molecule has 3 rings (SSSR count). The molecule has 1 fully saturated rings. The van der Waals surface area contributed by atoms with Crippen LogP contribution in [-0.2, 0) is 14.1 Å². The number of aromatic nitrogens is 2. The van der Waals surface area contributed by atoms with Crippen LogP contribution in [0.1, 0.15) is 47.6 Å². The number of aryl methyl sites for hydroxylation is 1. The molecule has 1 atom stereocenters. The summed E-state index contributed by atoms with van der Waals surface area (Å²) in [7, 11) is 3.04. The number of nitriles is 1. The Kier molecular flexibility index (Phi) is 4.73. The van der Waals surface area contributed by atoms with E-state index in [9.17, 15) is 14.9 Å². The number of nitrogens with zero attached hydrogens (tertiary/aromatic N) is 4. The first-order valence-corrected chi connectivity index (χ1v) is 8.91. The number of hydrogen-bond acceptors (Lipinski definition) is 4. The third-order valence-electron chi connectivity index (χ3n) is 5.53. The van der Waals surface area contributed by atoms with Crippen LogP contribution in [-0.4, -0.2) is 15.7 Å². The highest BCUT2D eigenvalue weighted by molar-refractivity contribution is 5.56. The SMILES string of the molecule is Cc1cccc([C@H]2CCCCN2c2c(C#N)c(=O)n(C)c(=O)n2C)c1C. The molecule has 0 unspecified atom stereocenters. The van der Waals surface area contributed by atoms with Crippen LogP contribution >= 0.6 is 0 Å². The normalized spacial score (nSPS) is 17.2. The van der Waals surface area contributed by atoms with Gasteiger partial charge in [-0.15, -0.1) is 0 Å². The Hall–Kier alpha value is -2.81. The van der Waals surface area contributed by atoms with Crippen molar-refractivity contribution in [2.75, 3.05) is 11.4 Å². The maximum Gasteiger partial charge on any atom is 0.332 e. The lowest BCUT2D eigenvalue weighted by molar-refractivity contribution is 0.458. The van der Waals surface area contributed by atoms with E-state index in [0.717, 1.165) is 23.8 Å². The van der Waals surface area contributed by atoms with E-state index >= 15 is 0 Å². The summed E-state index contributed by atoms with van der Waals surface area (Å²) in [6.45, 7) is 4.90. The van der Waals surface area contributed by atoms with Gasteiger partial charge in [0, 0.05) is 20.6 Å². The smallest absolute Gasteiger partial charge is 0.332 e. The highest BCUT2D eigenvalue weighted by Gasteiger charge is 2.30. The molecule has 1 aliphatic rings. The zero-order valence-electron chi connectivity index (χ0n) is 15.7. The Balaban J connectivity index is 2.25. The molecular weight excluding hydrogens is 328 g/mol. The van der Waals surface area contributed by atoms with Gasteiger partial charge in [0.15, 0.2) is 5.56 Å². The molecule has 1 aliphatic heterocycles. The molecule has 136 valence electrons. The van der Waals surface area contributed by atoms with Gasteiger partial charge in [0.2, 0.25) is 0 Å². The van der Waals surface area contributed by atoms with E-state index in [1.165, 1.54) is 28.3 Å². The first-order chi connectivity index (χ1) is 12.4. The third-order valence-corrected chi connectivity index (χ3v) is 5.53. The number of rotatable bonds is 2. The van der Waals surface area contributed by atoms with Crippen LogP contribution in [0.2, 0.25) is 0 Å². The molecule has 0 saturated carbocycles. The minimum atomic E-state index is -0.532. The Bertz CT molecular complexity index is 1010. The van der Waals surface area contributed by atoms with E-state index in [1.807, 2.05) is 12.1 Å². The van der Waals surface area contributed by atoms with Crippen molar-refractivity contribution in [1.82, 2.24) is 9.13 Å². The van der Waals surface area contributed by atoms with Gasteiger partial charge < -0.3 is 4.90 Å². The largest absolute Gasteiger partial charge is 0.350 e. The lowest BCUT2D eigenvalue weighted by atomic mass is 9.90. The fourth-order valence-corrected chi connectivity index (χ4v) is 3.91. The lowest BCUT2D eigenvalue weighted by Gasteiger charge is -2.39. The third kappa shape index (κ3) is 2.74. The van der Waals surface area contributed by atoms with Crippen molar-refractivity contribution in [2.24, 2.45) is 14.1 Å². The van der Waals surface area contributed by atoms with Gasteiger partial charge in [-0.2, -0.15) is 5.26 Å². The molecule has 2 aromatic rings. The Morgan fingerprint density at radius 2 is 1.85 bits per heavy atom. The zero-order valence-corrected chi connectivity index (χ0v) is 15.7. The predicted octanol–water partition coefficient (Wildman–Crippen LogP) is 2.30. The van der Waals surface area contributed by atoms with Gasteiger partial charge in [0.05, 0.1) is 6.04 Å². The molecule has 1 aromatic heterocycles. The summed E-state index contributed by atoms with van der Waals surface area (Å²) < 4.78 is 2.43. The van der Waals surface area contributed by atoms with Crippen LogP contribution in [0.3, 0.4) is 0 Å². The van der Waals surface area contributed by atoms with Crippen molar-refractivity contribution < 1.29 is 0 Å². The average Bonchev–Trinajstić information content (AvgIpc) is 2.65. The Morgan fingerprint density at radius 3 is 2.54 bits per heavy atom. The molecule has 0 radical (unpaired) electrons. The van der Waals surface area contributed by atoms with Crippen LogP contribution < -0.4 is 16.1 Å². The predicted molar refractivity (Wildman–Crippen MR) is 101 cm³/mol. The van der Waals surface area contributed by atoms with Crippen molar-refractivity contribution in [3.05, 3.63) is 61.3 Å². The first kappa shape index (κ1) is 18.0. The van der Waals surface area contributed by atoms with E-state index < -0.39 is 11.2 Å². The first-order valence-electron chi connectivity index (χ1n) is 8.91. The molecule has 1 aromatic carbocycles. The van der Waals surface area contributed by atoms with Gasteiger partial charge in [0.1, 0.15) is 11.9 Å². The molecule has 6 nitrogen and oxygen atoms in total. The van der Waals surface area contributed by atoms with E-state index in [2.05, 4.69) is 30.9 Å². The van der Waals surface area contributed by atoms with Gasteiger partial charge in [-0.3, -0.25) is 13.9 Å². The van der Waals surface area contributed by atoms with Crippen LogP contribution in [0.4, 0.5) is 5.82 Å². The van der Waals surface area contributed by atoms with Crippen molar-refractivity contribution >= 4 is 5.82 Å². The number of piperidine rings is 1. The van der Waals surface area contributed by atoms with Crippen molar-refractivity contribution in [3.8, 4) is 6.07 Å². The molecule has 2 heterocycles. The Labute approximate surface area is 152 Å². The summed E-state index contributed by atoms with van der Waals surface area (Å²) >= 11 is 0. The highest BCUT2D eigenvalue weighted by Crippen LogP contribution is 2.37. The molecule has 0 bridgehead atoms. The lowest BCUT2D eigenvalue weighted by Crippen LogP contribution is -2.45. The van der Waals surface area contributed by atoms with Crippen LogP contribution in [0.15, 0.2) is 27.8 Å². The Morgan fingerprint density at radius 1 is 1.12 bits per heavy atom. The van der Waals surface area contributed by atoms with E-state index in [-0.39, 0.29) is 11.6 Å². The minimum Gasteiger partial charge on any atom is -0.350 e. The molecule has 26 heavy (non-hydrogen) atoms. The molecule has 0 aliphatic carbocycles. The number of hydrogen-bond donors (Lipinski definition) is 0. The van der Waals surface area contributed by atoms with Gasteiger partial charge in [-0.25, -0.2) is 4.79 Å². The van der Waals surface area contributed by atoms with Gasteiger partial charge in [0.25, 0.3) is 5.56 Å². The summed E-state index contributed by atoms with van der Waals surface area (Å²) in [4.78, 5) is 27.1. The molecule has 1 saturated heterocycles. The summed E-state index contributed by atoms with van der Waals surface area (Å²) in [5.41, 5.74) is 2.72. The van der Waals surface area contributed by atoms with Crippen molar-refractivity contribution in [1.29, 1.82) is 5.26 Å². The summed E-state index contributed by atoms with van der Waals surface area (Å²) in [6, 6.07) is 8.31. The number of anilines is 1. The van der Waals surface area contributed by atoms with Gasteiger partial charge in [-0.05, 0) is 49.8 Å². The molecular formula is C20H24N4O2. The molecule has 0 N–H and O–H groups in total. The van der Waals surface area contributed by atoms with Crippen molar-refractivity contribution in [3.63, 3.8) is 0 Å². The van der Waals surface area contributed by atoms with Crippen LogP contribution in [0.25, 0.3) is 0 Å². The molecule has 6 heteroatoms. The minimum absolute atomic E-state index is 0.0341. The van der Waals surface area contributed by atoms with Gasteiger partial charge in [-0.1, -0.05) is 18.2 Å². The molecule has 0 spiro atoms. The second-order valence-electron chi connectivity index (χ2n) is 7.01. The monoisotopic (exact) mass is 352 g/mol. The van der Waals surface area contributed by atoms with Crippen LogP contribution in [0.5, 0.6) is 0 Å². The summed E-state index contributed by atoms with van der Waals surface area (Å²) in [5.74, 6) is 0.436. The topological polar surface area (TPSA) is 71.0 Å². The zero-order chi connectivity index (χ0) is 19.0. The maximum absolute atomic E-state index is 12.5. The van der Waals surface area contributed by atoms with E-state index in [1.54, 1.807) is 7.05 Å². The fourth-order valence-electron chi connectivity index (χ4n) is 3.91. The number of benzene rings is 1. The highest BCUT2D eigenvalue weighted by atomic mass is 16.2.